The van der Waals surface area contributed by atoms with Crippen LogP contribution < -0.4 is 5.73 Å². The Labute approximate surface area is 102 Å². The van der Waals surface area contributed by atoms with Crippen molar-refractivity contribution >= 4 is 21.9 Å². The summed E-state index contributed by atoms with van der Waals surface area (Å²) in [6.45, 7) is 2.06. The molecule has 0 saturated carbocycles. The fourth-order valence-corrected chi connectivity index (χ4v) is 1.96. The number of ether oxygens (including phenoxy) is 1. The van der Waals surface area contributed by atoms with Gasteiger partial charge in [0, 0.05) is 10.5 Å². The van der Waals surface area contributed by atoms with E-state index in [9.17, 15) is 9.18 Å². The van der Waals surface area contributed by atoms with Crippen LogP contribution >= 0.6 is 15.9 Å². The third kappa shape index (κ3) is 3.57. The molecule has 0 fully saturated rings. The molecule has 0 saturated heterocycles. The lowest BCUT2D eigenvalue weighted by Crippen LogP contribution is -2.17. The normalized spacial score (nSPS) is 12.2. The van der Waals surface area contributed by atoms with E-state index in [1.807, 2.05) is 0 Å². The van der Waals surface area contributed by atoms with E-state index >= 15 is 0 Å². The molecule has 88 valence electrons. The van der Waals surface area contributed by atoms with Crippen LogP contribution in [-0.2, 0) is 9.53 Å². The molecule has 1 aromatic rings. The topological polar surface area (TPSA) is 52.3 Å². The van der Waals surface area contributed by atoms with Crippen molar-refractivity contribution in [3.63, 3.8) is 0 Å². The van der Waals surface area contributed by atoms with Crippen LogP contribution in [0.15, 0.2) is 22.7 Å². The first-order valence-electron chi connectivity index (χ1n) is 4.90. The molecule has 0 aliphatic rings. The Morgan fingerprint density at radius 3 is 2.88 bits per heavy atom. The molecule has 0 radical (unpaired) electrons. The molecule has 16 heavy (non-hydrogen) atoms. The second-order valence-corrected chi connectivity index (χ2v) is 4.14. The van der Waals surface area contributed by atoms with Crippen LogP contribution in [-0.4, -0.2) is 12.6 Å². The van der Waals surface area contributed by atoms with Gasteiger partial charge in [0.2, 0.25) is 0 Å². The summed E-state index contributed by atoms with van der Waals surface area (Å²) in [6.07, 6.45) is 0.0814. The number of benzene rings is 1. The van der Waals surface area contributed by atoms with E-state index in [0.717, 1.165) is 0 Å². The Morgan fingerprint density at radius 1 is 1.62 bits per heavy atom. The van der Waals surface area contributed by atoms with Crippen molar-refractivity contribution in [3.05, 3.63) is 34.1 Å². The second kappa shape index (κ2) is 5.96. The minimum absolute atomic E-state index is 0.0814. The summed E-state index contributed by atoms with van der Waals surface area (Å²) >= 11 is 3.20. The highest BCUT2D eigenvalue weighted by Gasteiger charge is 2.15. The Hall–Kier alpha value is -0.940. The average Bonchev–Trinajstić information content (AvgIpc) is 2.17. The van der Waals surface area contributed by atoms with Gasteiger partial charge < -0.3 is 10.5 Å². The molecule has 2 N–H and O–H groups in total. The highest BCUT2D eigenvalue weighted by Crippen LogP contribution is 2.25. The maximum absolute atomic E-state index is 12.8. The van der Waals surface area contributed by atoms with Gasteiger partial charge in [0.05, 0.1) is 13.0 Å². The number of hydrogen-bond acceptors (Lipinski definition) is 3. The zero-order chi connectivity index (χ0) is 12.1. The Morgan fingerprint density at radius 2 is 2.31 bits per heavy atom. The first kappa shape index (κ1) is 13.1. The van der Waals surface area contributed by atoms with Crippen LogP contribution in [0.3, 0.4) is 0 Å². The molecule has 0 aliphatic heterocycles. The van der Waals surface area contributed by atoms with Gasteiger partial charge in [0.1, 0.15) is 5.82 Å². The predicted molar refractivity (Wildman–Crippen MR) is 62.3 cm³/mol. The monoisotopic (exact) mass is 289 g/mol. The summed E-state index contributed by atoms with van der Waals surface area (Å²) < 4.78 is 18.2. The number of carbonyl (C=O) groups is 1. The fourth-order valence-electron chi connectivity index (χ4n) is 1.31. The number of carbonyl (C=O) groups excluding carboxylic acids is 1. The number of halogens is 2. The van der Waals surface area contributed by atoms with Gasteiger partial charge in [-0.2, -0.15) is 0 Å². The van der Waals surface area contributed by atoms with Gasteiger partial charge in [0.25, 0.3) is 0 Å². The van der Waals surface area contributed by atoms with Gasteiger partial charge in [-0.3, -0.25) is 4.79 Å². The first-order valence-corrected chi connectivity index (χ1v) is 5.70. The van der Waals surface area contributed by atoms with Crippen LogP contribution in [0.1, 0.15) is 24.9 Å². The molecule has 0 unspecified atom stereocenters. The van der Waals surface area contributed by atoms with Crippen molar-refractivity contribution in [2.24, 2.45) is 5.73 Å². The lowest BCUT2D eigenvalue weighted by Gasteiger charge is -2.12. The molecular weight excluding hydrogens is 277 g/mol. The third-order valence-electron chi connectivity index (χ3n) is 2.05. The number of rotatable bonds is 4. The highest BCUT2D eigenvalue weighted by molar-refractivity contribution is 9.10. The third-order valence-corrected chi connectivity index (χ3v) is 2.74. The van der Waals surface area contributed by atoms with Crippen molar-refractivity contribution in [1.29, 1.82) is 0 Å². The molecule has 1 atom stereocenters. The molecule has 3 nitrogen and oxygen atoms in total. The number of esters is 1. The molecule has 0 bridgehead atoms. The maximum atomic E-state index is 12.8. The SMILES string of the molecule is CCOC(=O)C[C@@H](N)c1ccc(F)cc1Br. The lowest BCUT2D eigenvalue weighted by molar-refractivity contribution is -0.143. The Bertz CT molecular complexity index is 384. The van der Waals surface area contributed by atoms with Crippen LogP contribution in [0.4, 0.5) is 4.39 Å². The van der Waals surface area contributed by atoms with Gasteiger partial charge in [-0.15, -0.1) is 0 Å². The van der Waals surface area contributed by atoms with E-state index in [4.69, 9.17) is 10.5 Å². The molecule has 1 aromatic carbocycles. The molecule has 0 amide bonds. The molecule has 1 rings (SSSR count). The summed E-state index contributed by atoms with van der Waals surface area (Å²) in [4.78, 5) is 11.2. The van der Waals surface area contributed by atoms with E-state index in [1.54, 1.807) is 13.0 Å². The van der Waals surface area contributed by atoms with E-state index < -0.39 is 6.04 Å². The minimum Gasteiger partial charge on any atom is -0.466 e. The summed E-state index contributed by atoms with van der Waals surface area (Å²) in [6, 6.07) is 3.70. The molecular formula is C11H13BrFNO2. The summed E-state index contributed by atoms with van der Waals surface area (Å²) in [5.74, 6) is -0.704. The van der Waals surface area contributed by atoms with Crippen LogP contribution in [0.5, 0.6) is 0 Å². The van der Waals surface area contributed by atoms with E-state index in [-0.39, 0.29) is 18.2 Å². The van der Waals surface area contributed by atoms with Gasteiger partial charge >= 0.3 is 5.97 Å². The molecule has 0 heterocycles. The van der Waals surface area contributed by atoms with E-state index in [0.29, 0.717) is 16.6 Å². The van der Waals surface area contributed by atoms with Gasteiger partial charge in [-0.25, -0.2) is 4.39 Å². The Kier molecular flexibility index (Phi) is 4.89. The smallest absolute Gasteiger partial charge is 0.307 e. The fraction of sp³-hybridized carbons (Fsp3) is 0.364. The van der Waals surface area contributed by atoms with E-state index in [1.165, 1.54) is 12.1 Å². The second-order valence-electron chi connectivity index (χ2n) is 3.28. The quantitative estimate of drug-likeness (QED) is 0.867. The van der Waals surface area contributed by atoms with E-state index in [2.05, 4.69) is 15.9 Å². The van der Waals surface area contributed by atoms with Crippen LogP contribution in [0, 0.1) is 5.82 Å². The number of hydrogen-bond donors (Lipinski definition) is 1. The predicted octanol–water partition coefficient (Wildman–Crippen LogP) is 2.54. The average molecular weight is 290 g/mol. The zero-order valence-electron chi connectivity index (χ0n) is 8.87. The maximum Gasteiger partial charge on any atom is 0.307 e. The standard InChI is InChI=1S/C11H13BrFNO2/c1-2-16-11(15)6-10(14)8-4-3-7(13)5-9(8)12/h3-5,10H,2,6,14H2,1H3/t10-/m1/s1. The van der Waals surface area contributed by atoms with Crippen molar-refractivity contribution in [2.45, 2.75) is 19.4 Å². The summed E-state index contributed by atoms with van der Waals surface area (Å²) in [5, 5.41) is 0. The lowest BCUT2D eigenvalue weighted by atomic mass is 10.1. The molecule has 0 spiro atoms. The van der Waals surface area contributed by atoms with Gasteiger partial charge in [0.15, 0.2) is 0 Å². The van der Waals surface area contributed by atoms with Crippen molar-refractivity contribution in [1.82, 2.24) is 0 Å². The molecule has 0 aliphatic carbocycles. The van der Waals surface area contributed by atoms with Crippen LogP contribution in [0.2, 0.25) is 0 Å². The molecule has 0 aromatic heterocycles. The summed E-state index contributed by atoms with van der Waals surface area (Å²) in [7, 11) is 0. The largest absolute Gasteiger partial charge is 0.466 e. The number of nitrogens with two attached hydrogens (primary N) is 1. The van der Waals surface area contributed by atoms with Crippen LogP contribution in [0.25, 0.3) is 0 Å². The van der Waals surface area contributed by atoms with Crippen molar-refractivity contribution in [3.8, 4) is 0 Å². The minimum atomic E-state index is -0.492. The first-order chi connectivity index (χ1) is 7.54. The van der Waals surface area contributed by atoms with Crippen molar-refractivity contribution < 1.29 is 13.9 Å². The van der Waals surface area contributed by atoms with Gasteiger partial charge in [-0.05, 0) is 24.6 Å². The summed E-state index contributed by atoms with van der Waals surface area (Å²) in [5.41, 5.74) is 6.51. The Balaban J connectivity index is 2.72. The molecule has 5 heteroatoms. The van der Waals surface area contributed by atoms with Crippen molar-refractivity contribution in [2.75, 3.05) is 6.61 Å². The highest BCUT2D eigenvalue weighted by atomic mass is 79.9. The van der Waals surface area contributed by atoms with Gasteiger partial charge in [-0.1, -0.05) is 22.0 Å². The zero-order valence-corrected chi connectivity index (χ0v) is 10.5.